The highest BCUT2D eigenvalue weighted by Gasteiger charge is 2.25. The average molecular weight is 250 g/mol. The molecule has 1 aliphatic rings. The SMILES string of the molecule is Cc1cccc2oc(C3Cc4ccccc4N3)nc12. The van der Waals surface area contributed by atoms with E-state index in [0.717, 1.165) is 29.0 Å². The molecule has 0 aliphatic carbocycles. The van der Waals surface area contributed by atoms with E-state index in [2.05, 4.69) is 41.5 Å². The minimum atomic E-state index is 0.143. The lowest BCUT2D eigenvalue weighted by atomic mass is 10.1. The molecule has 94 valence electrons. The molecule has 0 saturated carbocycles. The Balaban J connectivity index is 1.75. The number of benzene rings is 2. The number of hydrogen-bond donors (Lipinski definition) is 1. The van der Waals surface area contributed by atoms with Crippen molar-refractivity contribution in [2.75, 3.05) is 5.32 Å². The van der Waals surface area contributed by atoms with Crippen LogP contribution in [0.2, 0.25) is 0 Å². The summed E-state index contributed by atoms with van der Waals surface area (Å²) >= 11 is 0. The molecule has 0 fully saturated rings. The van der Waals surface area contributed by atoms with Gasteiger partial charge in [0.1, 0.15) is 11.6 Å². The Labute approximate surface area is 111 Å². The van der Waals surface area contributed by atoms with Gasteiger partial charge in [0.15, 0.2) is 5.58 Å². The molecule has 3 aromatic rings. The maximum Gasteiger partial charge on any atom is 0.218 e. The zero-order valence-electron chi connectivity index (χ0n) is 10.7. The van der Waals surface area contributed by atoms with Crippen molar-refractivity contribution in [3.8, 4) is 0 Å². The van der Waals surface area contributed by atoms with Crippen LogP contribution in [0, 0.1) is 6.92 Å². The van der Waals surface area contributed by atoms with Crippen LogP contribution < -0.4 is 5.32 Å². The van der Waals surface area contributed by atoms with Gasteiger partial charge in [-0.2, -0.15) is 0 Å². The molecule has 19 heavy (non-hydrogen) atoms. The third kappa shape index (κ3) is 1.62. The Hall–Kier alpha value is -2.29. The second-order valence-corrected chi connectivity index (χ2v) is 5.03. The smallest absolute Gasteiger partial charge is 0.218 e. The van der Waals surface area contributed by atoms with Gasteiger partial charge >= 0.3 is 0 Å². The summed E-state index contributed by atoms with van der Waals surface area (Å²) in [6, 6.07) is 14.5. The highest BCUT2D eigenvalue weighted by molar-refractivity contribution is 5.76. The summed E-state index contributed by atoms with van der Waals surface area (Å²) in [5, 5.41) is 3.47. The maximum absolute atomic E-state index is 5.89. The molecule has 1 aromatic heterocycles. The number of aromatic nitrogens is 1. The highest BCUT2D eigenvalue weighted by atomic mass is 16.3. The minimum Gasteiger partial charge on any atom is -0.438 e. The quantitative estimate of drug-likeness (QED) is 0.713. The van der Waals surface area contributed by atoms with Crippen molar-refractivity contribution in [1.82, 2.24) is 4.98 Å². The molecule has 4 rings (SSSR count). The van der Waals surface area contributed by atoms with Gasteiger partial charge in [0.05, 0.1) is 0 Å². The van der Waals surface area contributed by atoms with Gasteiger partial charge in [-0.15, -0.1) is 0 Å². The third-order valence-corrected chi connectivity index (χ3v) is 3.71. The van der Waals surface area contributed by atoms with Gasteiger partial charge in [0.2, 0.25) is 5.89 Å². The fraction of sp³-hybridized carbons (Fsp3) is 0.188. The Morgan fingerprint density at radius 2 is 2.05 bits per heavy atom. The maximum atomic E-state index is 5.89. The summed E-state index contributed by atoms with van der Waals surface area (Å²) in [6.07, 6.45) is 0.933. The number of nitrogens with zero attached hydrogens (tertiary/aromatic N) is 1. The summed E-state index contributed by atoms with van der Waals surface area (Å²) < 4.78 is 5.89. The standard InChI is InChI=1S/C16H14N2O/c1-10-5-4-8-14-15(10)18-16(19-14)13-9-11-6-2-3-7-12(11)17-13/h2-8,13,17H,9H2,1H3. The van der Waals surface area contributed by atoms with Crippen LogP contribution in [-0.2, 0) is 6.42 Å². The van der Waals surface area contributed by atoms with Crippen LogP contribution in [-0.4, -0.2) is 4.98 Å². The predicted octanol–water partition coefficient (Wildman–Crippen LogP) is 3.85. The molecule has 0 spiro atoms. The molecule has 1 atom stereocenters. The molecule has 1 aliphatic heterocycles. The van der Waals surface area contributed by atoms with Gasteiger partial charge in [0, 0.05) is 12.1 Å². The van der Waals surface area contributed by atoms with E-state index < -0.39 is 0 Å². The minimum absolute atomic E-state index is 0.143. The Morgan fingerprint density at radius 1 is 1.16 bits per heavy atom. The van der Waals surface area contributed by atoms with E-state index in [1.807, 2.05) is 18.2 Å². The fourth-order valence-corrected chi connectivity index (χ4v) is 2.70. The first kappa shape index (κ1) is 10.6. The second-order valence-electron chi connectivity index (χ2n) is 5.03. The Kier molecular flexibility index (Phi) is 2.15. The predicted molar refractivity (Wildman–Crippen MR) is 75.3 cm³/mol. The van der Waals surface area contributed by atoms with E-state index in [1.54, 1.807) is 0 Å². The van der Waals surface area contributed by atoms with Crippen molar-refractivity contribution < 1.29 is 4.42 Å². The van der Waals surface area contributed by atoms with Crippen LogP contribution in [0.15, 0.2) is 46.9 Å². The first-order chi connectivity index (χ1) is 9.31. The first-order valence-electron chi connectivity index (χ1n) is 6.52. The van der Waals surface area contributed by atoms with Crippen molar-refractivity contribution in [2.45, 2.75) is 19.4 Å². The molecule has 0 bridgehead atoms. The van der Waals surface area contributed by atoms with Crippen LogP contribution in [0.25, 0.3) is 11.1 Å². The highest BCUT2D eigenvalue weighted by Crippen LogP contribution is 2.34. The molecule has 3 nitrogen and oxygen atoms in total. The largest absolute Gasteiger partial charge is 0.438 e. The molecule has 1 N–H and O–H groups in total. The molecule has 3 heteroatoms. The fourth-order valence-electron chi connectivity index (χ4n) is 2.70. The van der Waals surface area contributed by atoms with E-state index in [1.165, 1.54) is 11.3 Å². The van der Waals surface area contributed by atoms with E-state index in [0.29, 0.717) is 0 Å². The second kappa shape index (κ2) is 3.85. The van der Waals surface area contributed by atoms with Gasteiger partial charge in [-0.3, -0.25) is 0 Å². The number of rotatable bonds is 1. The van der Waals surface area contributed by atoms with Gasteiger partial charge in [0.25, 0.3) is 0 Å². The number of aryl methyl sites for hydroxylation is 1. The van der Waals surface area contributed by atoms with E-state index in [4.69, 9.17) is 4.42 Å². The van der Waals surface area contributed by atoms with Crippen LogP contribution in [0.3, 0.4) is 0 Å². The number of oxazole rings is 1. The van der Waals surface area contributed by atoms with Crippen molar-refractivity contribution in [3.63, 3.8) is 0 Å². The number of anilines is 1. The third-order valence-electron chi connectivity index (χ3n) is 3.71. The number of hydrogen-bond acceptors (Lipinski definition) is 3. The van der Waals surface area contributed by atoms with E-state index >= 15 is 0 Å². The normalized spacial score (nSPS) is 17.4. The zero-order valence-corrected chi connectivity index (χ0v) is 10.7. The number of nitrogens with one attached hydrogen (secondary N) is 1. The summed E-state index contributed by atoms with van der Waals surface area (Å²) in [6.45, 7) is 2.06. The number of para-hydroxylation sites is 2. The van der Waals surface area contributed by atoms with Crippen LogP contribution in [0.4, 0.5) is 5.69 Å². The Morgan fingerprint density at radius 3 is 2.89 bits per heavy atom. The van der Waals surface area contributed by atoms with Gasteiger partial charge in [-0.05, 0) is 30.2 Å². The molecular weight excluding hydrogens is 236 g/mol. The summed E-state index contributed by atoms with van der Waals surface area (Å²) in [7, 11) is 0. The zero-order chi connectivity index (χ0) is 12.8. The molecule has 0 radical (unpaired) electrons. The average Bonchev–Trinajstić information content (AvgIpc) is 3.02. The van der Waals surface area contributed by atoms with E-state index in [9.17, 15) is 0 Å². The lowest BCUT2D eigenvalue weighted by molar-refractivity contribution is 0.497. The topological polar surface area (TPSA) is 38.1 Å². The molecule has 0 amide bonds. The summed E-state index contributed by atoms with van der Waals surface area (Å²) in [5.41, 5.74) is 5.50. The van der Waals surface area contributed by atoms with Gasteiger partial charge < -0.3 is 9.73 Å². The van der Waals surface area contributed by atoms with E-state index in [-0.39, 0.29) is 6.04 Å². The first-order valence-corrected chi connectivity index (χ1v) is 6.52. The van der Waals surface area contributed by atoms with Crippen LogP contribution >= 0.6 is 0 Å². The van der Waals surface area contributed by atoms with Crippen molar-refractivity contribution in [1.29, 1.82) is 0 Å². The van der Waals surface area contributed by atoms with Crippen molar-refractivity contribution in [3.05, 3.63) is 59.5 Å². The summed E-state index contributed by atoms with van der Waals surface area (Å²) in [5.74, 6) is 0.778. The lowest BCUT2D eigenvalue weighted by Gasteiger charge is -2.05. The number of fused-ring (bicyclic) bond motifs is 2. The molecule has 2 heterocycles. The van der Waals surface area contributed by atoms with Crippen molar-refractivity contribution in [2.24, 2.45) is 0 Å². The van der Waals surface area contributed by atoms with Crippen LogP contribution in [0.5, 0.6) is 0 Å². The molecule has 0 saturated heterocycles. The van der Waals surface area contributed by atoms with Crippen molar-refractivity contribution >= 4 is 16.8 Å². The monoisotopic (exact) mass is 250 g/mol. The lowest BCUT2D eigenvalue weighted by Crippen LogP contribution is -2.05. The summed E-state index contributed by atoms with van der Waals surface area (Å²) in [4.78, 5) is 4.65. The van der Waals surface area contributed by atoms with Gasteiger partial charge in [-0.25, -0.2) is 4.98 Å². The Bertz CT molecular complexity index is 735. The van der Waals surface area contributed by atoms with Gasteiger partial charge in [-0.1, -0.05) is 30.3 Å². The van der Waals surface area contributed by atoms with Crippen LogP contribution in [0.1, 0.15) is 23.1 Å². The molecule has 1 unspecified atom stereocenters. The molecular formula is C16H14N2O. The molecule has 2 aromatic carbocycles.